The van der Waals surface area contributed by atoms with Crippen LogP contribution < -0.4 is 5.32 Å². The Hall–Kier alpha value is -0.770. The van der Waals surface area contributed by atoms with Crippen molar-refractivity contribution in [3.8, 4) is 0 Å². The van der Waals surface area contributed by atoms with Crippen molar-refractivity contribution in [3.63, 3.8) is 0 Å². The van der Waals surface area contributed by atoms with E-state index in [1.165, 1.54) is 0 Å². The lowest BCUT2D eigenvalue weighted by Gasteiger charge is -2.14. The SMILES string of the molecule is CCc1occc1C(=O)NCC(CC)CCBr. The van der Waals surface area contributed by atoms with E-state index in [9.17, 15) is 4.79 Å². The third-order valence-corrected chi connectivity index (χ3v) is 3.41. The van der Waals surface area contributed by atoms with Crippen molar-refractivity contribution >= 4 is 21.8 Å². The van der Waals surface area contributed by atoms with Crippen LogP contribution >= 0.6 is 15.9 Å². The summed E-state index contributed by atoms with van der Waals surface area (Å²) in [6, 6.07) is 1.74. The second-order valence-corrected chi connectivity index (χ2v) is 4.87. The van der Waals surface area contributed by atoms with E-state index < -0.39 is 0 Å². The standard InChI is InChI=1S/C13H20BrNO2/c1-3-10(5-7-14)9-15-13(16)11-6-8-17-12(11)4-2/h6,8,10H,3-5,7,9H2,1-2H3,(H,15,16). The summed E-state index contributed by atoms with van der Waals surface area (Å²) in [6.07, 6.45) is 4.48. The molecule has 1 heterocycles. The van der Waals surface area contributed by atoms with Gasteiger partial charge in [-0.3, -0.25) is 4.79 Å². The number of amides is 1. The van der Waals surface area contributed by atoms with Crippen molar-refractivity contribution in [3.05, 3.63) is 23.7 Å². The van der Waals surface area contributed by atoms with Gasteiger partial charge < -0.3 is 9.73 Å². The highest BCUT2D eigenvalue weighted by Crippen LogP contribution is 2.12. The largest absolute Gasteiger partial charge is 0.469 e. The highest BCUT2D eigenvalue weighted by Gasteiger charge is 2.14. The number of rotatable bonds is 7. The fraction of sp³-hybridized carbons (Fsp3) is 0.615. The molecule has 0 aliphatic rings. The van der Waals surface area contributed by atoms with Crippen LogP contribution in [0.15, 0.2) is 16.7 Å². The molecule has 1 unspecified atom stereocenters. The zero-order valence-corrected chi connectivity index (χ0v) is 12.0. The molecule has 1 rings (SSSR count). The first-order valence-corrected chi connectivity index (χ1v) is 7.25. The van der Waals surface area contributed by atoms with Gasteiger partial charge in [0.2, 0.25) is 0 Å². The minimum atomic E-state index is -0.0244. The quantitative estimate of drug-likeness (QED) is 0.785. The lowest BCUT2D eigenvalue weighted by atomic mass is 10.0. The minimum Gasteiger partial charge on any atom is -0.469 e. The summed E-state index contributed by atoms with van der Waals surface area (Å²) in [7, 11) is 0. The molecule has 3 nitrogen and oxygen atoms in total. The molecule has 0 radical (unpaired) electrons. The number of alkyl halides is 1. The Morgan fingerprint density at radius 1 is 1.53 bits per heavy atom. The molecule has 1 aromatic heterocycles. The lowest BCUT2D eigenvalue weighted by Crippen LogP contribution is -2.29. The number of nitrogens with one attached hydrogen (secondary N) is 1. The zero-order chi connectivity index (χ0) is 12.7. The Kier molecular flexibility index (Phi) is 6.34. The Labute approximate surface area is 111 Å². The number of halogens is 1. The van der Waals surface area contributed by atoms with Crippen LogP contribution in [0.3, 0.4) is 0 Å². The molecule has 0 aliphatic heterocycles. The summed E-state index contributed by atoms with van der Waals surface area (Å²) >= 11 is 3.43. The molecule has 1 N–H and O–H groups in total. The van der Waals surface area contributed by atoms with Gasteiger partial charge in [-0.1, -0.05) is 36.2 Å². The first-order chi connectivity index (χ1) is 8.22. The average molecular weight is 302 g/mol. The zero-order valence-electron chi connectivity index (χ0n) is 10.5. The van der Waals surface area contributed by atoms with E-state index in [1.54, 1.807) is 12.3 Å². The molecule has 0 saturated heterocycles. The van der Waals surface area contributed by atoms with Gasteiger partial charge in [0.05, 0.1) is 11.8 Å². The van der Waals surface area contributed by atoms with Crippen LogP contribution in [0.1, 0.15) is 42.8 Å². The summed E-state index contributed by atoms with van der Waals surface area (Å²) in [6.45, 7) is 4.86. The molecule has 0 aliphatic carbocycles. The van der Waals surface area contributed by atoms with Crippen LogP contribution in [0.4, 0.5) is 0 Å². The molecular weight excluding hydrogens is 282 g/mol. The normalized spacial score (nSPS) is 12.4. The Bertz CT molecular complexity index is 349. The molecule has 0 aromatic carbocycles. The monoisotopic (exact) mass is 301 g/mol. The fourth-order valence-electron chi connectivity index (χ4n) is 1.75. The average Bonchev–Trinajstić information content (AvgIpc) is 2.82. The van der Waals surface area contributed by atoms with Crippen LogP contribution in [0.5, 0.6) is 0 Å². The molecular formula is C13H20BrNO2. The van der Waals surface area contributed by atoms with Gasteiger partial charge >= 0.3 is 0 Å². The number of carbonyl (C=O) groups is 1. The first kappa shape index (κ1) is 14.3. The van der Waals surface area contributed by atoms with E-state index in [2.05, 4.69) is 28.2 Å². The second kappa shape index (κ2) is 7.54. The Morgan fingerprint density at radius 2 is 2.29 bits per heavy atom. The van der Waals surface area contributed by atoms with Crippen molar-refractivity contribution in [1.82, 2.24) is 5.32 Å². The molecule has 17 heavy (non-hydrogen) atoms. The summed E-state index contributed by atoms with van der Waals surface area (Å²) in [5.74, 6) is 1.27. The van der Waals surface area contributed by atoms with Crippen LogP contribution in [0, 0.1) is 5.92 Å². The molecule has 1 amide bonds. The topological polar surface area (TPSA) is 42.2 Å². The summed E-state index contributed by atoms with van der Waals surface area (Å²) in [4.78, 5) is 11.9. The fourth-order valence-corrected chi connectivity index (χ4v) is 2.40. The van der Waals surface area contributed by atoms with Crippen molar-refractivity contribution in [2.24, 2.45) is 5.92 Å². The van der Waals surface area contributed by atoms with Crippen molar-refractivity contribution in [1.29, 1.82) is 0 Å². The first-order valence-electron chi connectivity index (χ1n) is 6.13. The van der Waals surface area contributed by atoms with Crippen molar-refractivity contribution in [2.45, 2.75) is 33.1 Å². The van der Waals surface area contributed by atoms with Gasteiger partial charge in [0, 0.05) is 18.3 Å². The number of hydrogen-bond acceptors (Lipinski definition) is 2. The predicted molar refractivity (Wildman–Crippen MR) is 72.6 cm³/mol. The summed E-state index contributed by atoms with van der Waals surface area (Å²) in [5.41, 5.74) is 0.668. The Morgan fingerprint density at radius 3 is 2.88 bits per heavy atom. The summed E-state index contributed by atoms with van der Waals surface area (Å²) < 4.78 is 5.25. The maximum absolute atomic E-state index is 11.9. The van der Waals surface area contributed by atoms with Crippen LogP contribution in [-0.2, 0) is 6.42 Å². The molecule has 0 spiro atoms. The molecule has 0 fully saturated rings. The van der Waals surface area contributed by atoms with Crippen molar-refractivity contribution < 1.29 is 9.21 Å². The maximum Gasteiger partial charge on any atom is 0.254 e. The van der Waals surface area contributed by atoms with Gasteiger partial charge in [-0.15, -0.1) is 0 Å². The van der Waals surface area contributed by atoms with Gasteiger partial charge in [0.15, 0.2) is 0 Å². The van der Waals surface area contributed by atoms with Gasteiger partial charge in [0.25, 0.3) is 5.91 Å². The third-order valence-electron chi connectivity index (χ3n) is 2.96. The van der Waals surface area contributed by atoms with Gasteiger partial charge in [-0.05, 0) is 18.4 Å². The third kappa shape index (κ3) is 4.19. The maximum atomic E-state index is 11.9. The van der Waals surface area contributed by atoms with Crippen LogP contribution in [0.2, 0.25) is 0 Å². The minimum absolute atomic E-state index is 0.0244. The van der Waals surface area contributed by atoms with Crippen molar-refractivity contribution in [2.75, 3.05) is 11.9 Å². The highest BCUT2D eigenvalue weighted by molar-refractivity contribution is 9.09. The highest BCUT2D eigenvalue weighted by atomic mass is 79.9. The van der Waals surface area contributed by atoms with E-state index in [0.29, 0.717) is 11.5 Å². The smallest absolute Gasteiger partial charge is 0.254 e. The number of furan rings is 1. The number of hydrogen-bond donors (Lipinski definition) is 1. The van der Waals surface area contributed by atoms with Crippen LogP contribution in [-0.4, -0.2) is 17.8 Å². The Balaban J connectivity index is 2.49. The number of carbonyl (C=O) groups excluding carboxylic acids is 1. The van der Waals surface area contributed by atoms with Gasteiger partial charge in [-0.25, -0.2) is 0 Å². The molecule has 1 atom stereocenters. The molecule has 0 saturated carbocycles. The van der Waals surface area contributed by atoms with E-state index in [0.717, 1.165) is 36.9 Å². The van der Waals surface area contributed by atoms with Gasteiger partial charge in [-0.2, -0.15) is 0 Å². The molecule has 4 heteroatoms. The second-order valence-electron chi connectivity index (χ2n) is 4.07. The summed E-state index contributed by atoms with van der Waals surface area (Å²) in [5, 5.41) is 3.96. The molecule has 1 aromatic rings. The van der Waals surface area contributed by atoms with E-state index >= 15 is 0 Å². The van der Waals surface area contributed by atoms with E-state index in [1.807, 2.05) is 6.92 Å². The lowest BCUT2D eigenvalue weighted by molar-refractivity contribution is 0.0944. The number of aryl methyl sites for hydroxylation is 1. The molecule has 96 valence electrons. The van der Waals surface area contributed by atoms with E-state index in [4.69, 9.17) is 4.42 Å². The molecule has 0 bridgehead atoms. The predicted octanol–water partition coefficient (Wildman–Crippen LogP) is 3.38. The van der Waals surface area contributed by atoms with E-state index in [-0.39, 0.29) is 5.91 Å². The van der Waals surface area contributed by atoms with Gasteiger partial charge in [0.1, 0.15) is 5.76 Å². The van der Waals surface area contributed by atoms with Crippen LogP contribution in [0.25, 0.3) is 0 Å².